The third-order valence-electron chi connectivity index (χ3n) is 7.81. The van der Waals surface area contributed by atoms with Gasteiger partial charge in [0, 0.05) is 28.6 Å². The van der Waals surface area contributed by atoms with E-state index >= 15 is 0 Å². The molecule has 4 nitrogen and oxygen atoms in total. The Balaban J connectivity index is 0.982. The van der Waals surface area contributed by atoms with Gasteiger partial charge in [0.1, 0.15) is 11.0 Å². The first-order valence-corrected chi connectivity index (χ1v) is 17.3. The molecule has 8 heteroatoms. The highest BCUT2D eigenvalue weighted by Crippen LogP contribution is 2.44. The van der Waals surface area contributed by atoms with Crippen LogP contribution < -0.4 is 0 Å². The average molecular weight is 639 g/mol. The first-order valence-electron chi connectivity index (χ1n) is 14.0. The second-order valence-electron chi connectivity index (χ2n) is 10.7. The second kappa shape index (κ2) is 9.45. The molecule has 0 bridgehead atoms. The number of oxazole rings is 2. The zero-order valence-electron chi connectivity index (χ0n) is 22.7. The molecule has 0 aliphatic heterocycles. The lowest BCUT2D eigenvalue weighted by molar-refractivity contribution is 0.621. The monoisotopic (exact) mass is 638 g/mol. The molecular formula is C36H18N2O2S4. The Kier molecular flexibility index (Phi) is 5.33. The van der Waals surface area contributed by atoms with E-state index in [9.17, 15) is 0 Å². The van der Waals surface area contributed by atoms with E-state index < -0.39 is 0 Å². The topological polar surface area (TPSA) is 52.1 Å². The fourth-order valence-corrected chi connectivity index (χ4v) is 10.3. The summed E-state index contributed by atoms with van der Waals surface area (Å²) in [6.07, 6.45) is 0. The molecule has 0 fully saturated rings. The van der Waals surface area contributed by atoms with Crippen molar-refractivity contribution in [3.05, 3.63) is 109 Å². The number of aromatic nitrogens is 2. The summed E-state index contributed by atoms with van der Waals surface area (Å²) in [6, 6.07) is 38.2. The molecule has 6 heterocycles. The molecule has 44 heavy (non-hydrogen) atoms. The Labute approximate surface area is 266 Å². The zero-order chi connectivity index (χ0) is 28.8. The van der Waals surface area contributed by atoms with Crippen LogP contribution in [0.5, 0.6) is 0 Å². The predicted molar refractivity (Wildman–Crippen MR) is 187 cm³/mol. The van der Waals surface area contributed by atoms with Gasteiger partial charge in [0.15, 0.2) is 11.2 Å². The molecule has 0 spiro atoms. The van der Waals surface area contributed by atoms with Crippen molar-refractivity contribution in [1.29, 1.82) is 0 Å². The largest absolute Gasteiger partial charge is 0.435 e. The third kappa shape index (κ3) is 3.99. The van der Waals surface area contributed by atoms with Crippen molar-refractivity contribution >= 4 is 97.1 Å². The number of thiophene rings is 4. The van der Waals surface area contributed by atoms with Gasteiger partial charge in [0.2, 0.25) is 11.8 Å². The van der Waals surface area contributed by atoms with Crippen LogP contribution in [0.25, 0.3) is 94.2 Å². The molecular weight excluding hydrogens is 621 g/mol. The zero-order valence-corrected chi connectivity index (χ0v) is 26.0. The van der Waals surface area contributed by atoms with E-state index in [2.05, 4.69) is 97.1 Å². The molecule has 0 amide bonds. The Bertz CT molecular complexity index is 2350. The first kappa shape index (κ1) is 24.8. The highest BCUT2D eigenvalue weighted by molar-refractivity contribution is 7.31. The maximum atomic E-state index is 6.29. The van der Waals surface area contributed by atoms with E-state index in [0.717, 1.165) is 42.7 Å². The molecule has 0 saturated carbocycles. The van der Waals surface area contributed by atoms with Gasteiger partial charge in [0.25, 0.3) is 0 Å². The van der Waals surface area contributed by atoms with Crippen molar-refractivity contribution < 1.29 is 8.83 Å². The van der Waals surface area contributed by atoms with Crippen molar-refractivity contribution in [3.8, 4) is 42.4 Å². The molecule has 4 aromatic carbocycles. The van der Waals surface area contributed by atoms with Crippen molar-refractivity contribution in [2.75, 3.05) is 0 Å². The lowest BCUT2D eigenvalue weighted by Crippen LogP contribution is -1.76. The van der Waals surface area contributed by atoms with E-state index in [1.165, 1.54) is 39.7 Å². The second-order valence-corrected chi connectivity index (χ2v) is 15.0. The highest BCUT2D eigenvalue weighted by atomic mass is 32.1. The summed E-state index contributed by atoms with van der Waals surface area (Å²) in [5.41, 5.74) is 5.70. The minimum absolute atomic E-state index is 0.655. The van der Waals surface area contributed by atoms with Crippen LogP contribution >= 0.6 is 45.3 Å². The summed E-state index contributed by atoms with van der Waals surface area (Å²) in [6.45, 7) is 0. The number of fused-ring (bicyclic) bond motifs is 5. The van der Waals surface area contributed by atoms with Gasteiger partial charge >= 0.3 is 0 Å². The maximum Gasteiger partial charge on any atom is 0.237 e. The van der Waals surface area contributed by atoms with Gasteiger partial charge in [-0.2, -0.15) is 0 Å². The molecule has 208 valence electrons. The predicted octanol–water partition coefficient (Wildman–Crippen LogP) is 12.3. The normalized spacial score (nSPS) is 12.1. The van der Waals surface area contributed by atoms with Gasteiger partial charge in [-0.25, -0.2) is 9.97 Å². The van der Waals surface area contributed by atoms with E-state index in [-0.39, 0.29) is 0 Å². The Morgan fingerprint density at radius 1 is 0.409 bits per heavy atom. The third-order valence-corrected chi connectivity index (χ3v) is 12.5. The SMILES string of the molecule is c1ccc(-c2cc3sc(-c4nc5cc6cc7oc(-c8cc9sc(-c%10ccccc%10)cc9s8)nc7cc6cc5o4)cc3s2)cc1. The average Bonchev–Trinajstić information content (AvgIpc) is 3.88. The Hall–Kier alpha value is -4.60. The van der Waals surface area contributed by atoms with Crippen LogP contribution in [-0.2, 0) is 0 Å². The number of rotatable bonds is 4. The molecule has 0 aliphatic carbocycles. The van der Waals surface area contributed by atoms with Crippen molar-refractivity contribution in [2.45, 2.75) is 0 Å². The minimum atomic E-state index is 0.655. The molecule has 6 aromatic heterocycles. The van der Waals surface area contributed by atoms with Gasteiger partial charge in [-0.1, -0.05) is 60.7 Å². The standard InChI is InChI=1S/C36H18N2O2S4/c1-3-7-19(8-4-1)27-15-29-31(41-27)17-33(43-29)35-37-23-11-21-14-26-24(12-22(21)13-25(23)39-35)38-36(40-26)34-18-32-30(44-34)16-28(42-32)20-9-5-2-6-10-20/h1-18H. The first-order chi connectivity index (χ1) is 21.7. The maximum absolute atomic E-state index is 6.29. The van der Waals surface area contributed by atoms with Gasteiger partial charge in [0.05, 0.1) is 9.75 Å². The number of hydrogen-bond donors (Lipinski definition) is 0. The summed E-state index contributed by atoms with van der Waals surface area (Å²) in [4.78, 5) is 14.4. The molecule has 0 radical (unpaired) electrons. The summed E-state index contributed by atoms with van der Waals surface area (Å²) >= 11 is 7.05. The minimum Gasteiger partial charge on any atom is -0.435 e. The highest BCUT2D eigenvalue weighted by Gasteiger charge is 2.18. The molecule has 10 rings (SSSR count). The summed E-state index contributed by atoms with van der Waals surface area (Å²) in [7, 11) is 0. The molecule has 0 N–H and O–H groups in total. The Morgan fingerprint density at radius 3 is 1.23 bits per heavy atom. The summed E-state index contributed by atoms with van der Waals surface area (Å²) in [5.74, 6) is 1.31. The molecule has 0 saturated heterocycles. The van der Waals surface area contributed by atoms with Crippen LogP contribution in [0.3, 0.4) is 0 Å². The van der Waals surface area contributed by atoms with Crippen LogP contribution in [0, 0.1) is 0 Å². The Morgan fingerprint density at radius 2 is 0.795 bits per heavy atom. The molecule has 10 aromatic rings. The number of nitrogens with zero attached hydrogens (tertiary/aromatic N) is 2. The van der Waals surface area contributed by atoms with Crippen molar-refractivity contribution in [2.24, 2.45) is 0 Å². The van der Waals surface area contributed by atoms with Crippen molar-refractivity contribution in [3.63, 3.8) is 0 Å². The van der Waals surface area contributed by atoms with Crippen LogP contribution in [0.1, 0.15) is 0 Å². The van der Waals surface area contributed by atoms with Crippen LogP contribution in [-0.4, -0.2) is 9.97 Å². The number of benzene rings is 4. The van der Waals surface area contributed by atoms with E-state index in [4.69, 9.17) is 18.8 Å². The quantitative estimate of drug-likeness (QED) is 0.192. The van der Waals surface area contributed by atoms with E-state index in [1.54, 1.807) is 45.3 Å². The lowest BCUT2D eigenvalue weighted by atomic mass is 10.1. The molecule has 0 unspecified atom stereocenters. The summed E-state index contributed by atoms with van der Waals surface area (Å²) in [5, 5.41) is 2.10. The fraction of sp³-hybridized carbons (Fsp3) is 0. The van der Waals surface area contributed by atoms with Crippen molar-refractivity contribution in [1.82, 2.24) is 9.97 Å². The fourth-order valence-electron chi connectivity index (χ4n) is 5.68. The van der Waals surface area contributed by atoms with Gasteiger partial charge in [-0.05, 0) is 70.4 Å². The smallest absolute Gasteiger partial charge is 0.237 e. The van der Waals surface area contributed by atoms with Crippen LogP contribution in [0.15, 0.2) is 118 Å². The summed E-state index contributed by atoms with van der Waals surface area (Å²) < 4.78 is 17.6. The van der Waals surface area contributed by atoms with Crippen LogP contribution in [0.4, 0.5) is 0 Å². The lowest BCUT2D eigenvalue weighted by Gasteiger charge is -1.96. The van der Waals surface area contributed by atoms with Crippen LogP contribution in [0.2, 0.25) is 0 Å². The van der Waals surface area contributed by atoms with Gasteiger partial charge < -0.3 is 8.83 Å². The van der Waals surface area contributed by atoms with Gasteiger partial charge in [-0.15, -0.1) is 45.3 Å². The van der Waals surface area contributed by atoms with E-state index in [1.807, 2.05) is 12.1 Å². The number of hydrogen-bond acceptors (Lipinski definition) is 8. The molecule has 0 atom stereocenters. The van der Waals surface area contributed by atoms with E-state index in [0.29, 0.717) is 11.8 Å². The molecule has 0 aliphatic rings. The van der Waals surface area contributed by atoms with Gasteiger partial charge in [-0.3, -0.25) is 0 Å².